The normalized spacial score (nSPS) is 10.8. The summed E-state index contributed by atoms with van der Waals surface area (Å²) in [7, 11) is 1.78. The number of H-pyrrole nitrogens is 1. The summed E-state index contributed by atoms with van der Waals surface area (Å²) >= 11 is 0. The minimum absolute atomic E-state index is 0.0738. The van der Waals surface area contributed by atoms with Crippen LogP contribution < -0.4 is 4.74 Å². The summed E-state index contributed by atoms with van der Waals surface area (Å²) in [5, 5.41) is 8.08. The number of carbonyl (C=O) groups excluding carboxylic acids is 1. The molecule has 3 rings (SSSR count). The van der Waals surface area contributed by atoms with E-state index in [1.807, 2.05) is 25.1 Å². The van der Waals surface area contributed by atoms with Crippen LogP contribution in [0.5, 0.6) is 5.88 Å². The predicted molar refractivity (Wildman–Crippen MR) is 91.9 cm³/mol. The van der Waals surface area contributed by atoms with Gasteiger partial charge in [-0.15, -0.1) is 0 Å². The molecule has 0 saturated carbocycles. The first-order chi connectivity index (χ1) is 11.7. The number of nitrogens with one attached hydrogen (secondary N) is 1. The minimum atomic E-state index is -0.0738. The lowest BCUT2D eigenvalue weighted by Crippen LogP contribution is -2.26. The average Bonchev–Trinajstić information content (AvgIpc) is 3.09. The molecule has 6 heteroatoms. The zero-order valence-electron chi connectivity index (χ0n) is 13.8. The number of rotatable bonds is 6. The van der Waals surface area contributed by atoms with E-state index in [0.29, 0.717) is 24.6 Å². The molecule has 0 aliphatic heterocycles. The van der Waals surface area contributed by atoms with Crippen molar-refractivity contribution < 1.29 is 9.53 Å². The molecule has 0 radical (unpaired) electrons. The van der Waals surface area contributed by atoms with Crippen molar-refractivity contribution in [2.45, 2.75) is 19.9 Å². The summed E-state index contributed by atoms with van der Waals surface area (Å²) in [5.74, 6) is 0.405. The number of carbonyl (C=O) groups is 1. The van der Waals surface area contributed by atoms with Crippen LogP contribution in [0.4, 0.5) is 0 Å². The number of hydrogen-bond donors (Lipinski definition) is 1. The van der Waals surface area contributed by atoms with E-state index in [0.717, 1.165) is 22.9 Å². The van der Waals surface area contributed by atoms with Crippen LogP contribution in [-0.4, -0.2) is 39.6 Å². The fraction of sp³-hybridized carbons (Fsp3) is 0.278. The van der Waals surface area contributed by atoms with Crippen LogP contribution >= 0.6 is 0 Å². The van der Waals surface area contributed by atoms with E-state index in [4.69, 9.17) is 4.74 Å². The Morgan fingerprint density at radius 1 is 1.33 bits per heavy atom. The Balaban J connectivity index is 1.76. The van der Waals surface area contributed by atoms with Gasteiger partial charge in [-0.2, -0.15) is 5.10 Å². The van der Waals surface area contributed by atoms with Gasteiger partial charge >= 0.3 is 0 Å². The van der Waals surface area contributed by atoms with E-state index in [2.05, 4.69) is 15.2 Å². The fourth-order valence-electron chi connectivity index (χ4n) is 2.54. The van der Waals surface area contributed by atoms with E-state index >= 15 is 0 Å². The Morgan fingerprint density at radius 3 is 3.04 bits per heavy atom. The molecular weight excluding hydrogens is 304 g/mol. The molecule has 0 saturated heterocycles. The highest BCUT2D eigenvalue weighted by Crippen LogP contribution is 2.18. The largest absolute Gasteiger partial charge is 0.478 e. The maximum absolute atomic E-state index is 12.7. The first-order valence-corrected chi connectivity index (χ1v) is 7.94. The Kier molecular flexibility index (Phi) is 4.74. The molecule has 0 bridgehead atoms. The predicted octanol–water partition coefficient (Wildman–Crippen LogP) is 3.02. The maximum Gasteiger partial charge on any atom is 0.254 e. The number of para-hydroxylation sites is 1. The van der Waals surface area contributed by atoms with Crippen molar-refractivity contribution in [1.29, 1.82) is 0 Å². The molecule has 2 aromatic heterocycles. The number of aromatic amines is 1. The lowest BCUT2D eigenvalue weighted by Gasteiger charge is -2.18. The van der Waals surface area contributed by atoms with Gasteiger partial charge in [-0.25, -0.2) is 4.98 Å². The van der Waals surface area contributed by atoms with E-state index in [1.165, 1.54) is 0 Å². The van der Waals surface area contributed by atoms with Crippen molar-refractivity contribution in [2.24, 2.45) is 0 Å². The van der Waals surface area contributed by atoms with Gasteiger partial charge in [-0.3, -0.25) is 9.89 Å². The lowest BCUT2D eigenvalue weighted by atomic mass is 10.1. The Morgan fingerprint density at radius 2 is 2.21 bits per heavy atom. The molecule has 1 amide bonds. The molecule has 124 valence electrons. The number of benzene rings is 1. The molecular formula is C18H20N4O2. The fourth-order valence-corrected chi connectivity index (χ4v) is 2.54. The second kappa shape index (κ2) is 7.12. The quantitative estimate of drug-likeness (QED) is 0.756. The van der Waals surface area contributed by atoms with Crippen LogP contribution in [0.2, 0.25) is 0 Å². The van der Waals surface area contributed by atoms with Crippen LogP contribution in [0.3, 0.4) is 0 Å². The summed E-state index contributed by atoms with van der Waals surface area (Å²) in [6, 6.07) is 9.34. The van der Waals surface area contributed by atoms with Gasteiger partial charge in [0.15, 0.2) is 0 Å². The number of pyridine rings is 1. The van der Waals surface area contributed by atoms with Gasteiger partial charge in [0.2, 0.25) is 5.88 Å². The molecule has 2 heterocycles. The van der Waals surface area contributed by atoms with E-state index in [1.54, 1.807) is 36.5 Å². The first kappa shape index (κ1) is 16.0. The molecule has 6 nitrogen and oxygen atoms in total. The highest BCUT2D eigenvalue weighted by Gasteiger charge is 2.15. The first-order valence-electron chi connectivity index (χ1n) is 7.94. The van der Waals surface area contributed by atoms with Crippen molar-refractivity contribution in [3.8, 4) is 5.88 Å². The van der Waals surface area contributed by atoms with Gasteiger partial charge in [0.05, 0.1) is 18.3 Å². The monoisotopic (exact) mass is 324 g/mol. The number of ether oxygens (including phenoxy) is 1. The van der Waals surface area contributed by atoms with Crippen molar-refractivity contribution in [2.75, 3.05) is 13.7 Å². The number of amides is 1. The van der Waals surface area contributed by atoms with E-state index < -0.39 is 0 Å². The number of aromatic nitrogens is 3. The second-order valence-corrected chi connectivity index (χ2v) is 5.64. The highest BCUT2D eigenvalue weighted by molar-refractivity contribution is 5.94. The molecule has 0 aliphatic carbocycles. The Labute approximate surface area is 140 Å². The molecule has 3 aromatic rings. The van der Waals surface area contributed by atoms with Crippen LogP contribution in [0.25, 0.3) is 10.9 Å². The van der Waals surface area contributed by atoms with Crippen LogP contribution in [0, 0.1) is 0 Å². The summed E-state index contributed by atoms with van der Waals surface area (Å²) in [6.07, 6.45) is 4.27. The van der Waals surface area contributed by atoms with Crippen LogP contribution in [0.1, 0.15) is 29.3 Å². The van der Waals surface area contributed by atoms with Gasteiger partial charge in [-0.05, 0) is 18.1 Å². The van der Waals surface area contributed by atoms with Gasteiger partial charge < -0.3 is 9.64 Å². The number of fused-ring (bicyclic) bond motifs is 1. The summed E-state index contributed by atoms with van der Waals surface area (Å²) < 4.78 is 5.50. The molecule has 1 aromatic carbocycles. The Bertz CT molecular complexity index is 844. The van der Waals surface area contributed by atoms with Crippen molar-refractivity contribution in [3.05, 3.63) is 53.9 Å². The van der Waals surface area contributed by atoms with Gasteiger partial charge in [0.1, 0.15) is 0 Å². The summed E-state index contributed by atoms with van der Waals surface area (Å²) in [4.78, 5) is 18.5. The second-order valence-electron chi connectivity index (χ2n) is 5.64. The molecule has 24 heavy (non-hydrogen) atoms. The lowest BCUT2D eigenvalue weighted by molar-refractivity contribution is 0.0785. The SMILES string of the molecule is CCCOc1cc(C(=O)N(C)Cc2cccc3cn[nH]c23)ccn1. The topological polar surface area (TPSA) is 71.1 Å². The molecule has 0 unspecified atom stereocenters. The molecule has 0 spiro atoms. The molecule has 1 N–H and O–H groups in total. The third-order valence-corrected chi connectivity index (χ3v) is 3.75. The molecule has 0 aliphatic rings. The number of nitrogens with zero attached hydrogens (tertiary/aromatic N) is 3. The average molecular weight is 324 g/mol. The number of hydrogen-bond acceptors (Lipinski definition) is 4. The summed E-state index contributed by atoms with van der Waals surface area (Å²) in [5.41, 5.74) is 2.55. The smallest absolute Gasteiger partial charge is 0.254 e. The minimum Gasteiger partial charge on any atom is -0.478 e. The van der Waals surface area contributed by atoms with E-state index in [9.17, 15) is 4.79 Å². The van der Waals surface area contributed by atoms with Gasteiger partial charge in [0, 0.05) is 36.8 Å². The Hall–Kier alpha value is -2.89. The van der Waals surface area contributed by atoms with Crippen molar-refractivity contribution in [3.63, 3.8) is 0 Å². The zero-order chi connectivity index (χ0) is 16.9. The molecule has 0 fully saturated rings. The molecule has 0 atom stereocenters. The van der Waals surface area contributed by atoms with Crippen LogP contribution in [-0.2, 0) is 6.54 Å². The maximum atomic E-state index is 12.7. The van der Waals surface area contributed by atoms with Gasteiger partial charge in [-0.1, -0.05) is 25.1 Å². The highest BCUT2D eigenvalue weighted by atomic mass is 16.5. The van der Waals surface area contributed by atoms with E-state index in [-0.39, 0.29) is 5.91 Å². The van der Waals surface area contributed by atoms with Crippen molar-refractivity contribution in [1.82, 2.24) is 20.1 Å². The standard InChI is InChI=1S/C18H20N4O2/c1-3-9-24-16-10-13(7-8-19-16)18(23)22(2)12-15-6-4-5-14-11-20-21-17(14)15/h4-8,10-11H,3,9,12H2,1-2H3,(H,20,21). The zero-order valence-corrected chi connectivity index (χ0v) is 13.8. The van der Waals surface area contributed by atoms with Gasteiger partial charge in [0.25, 0.3) is 5.91 Å². The third kappa shape index (κ3) is 3.37. The third-order valence-electron chi connectivity index (χ3n) is 3.75. The summed E-state index contributed by atoms with van der Waals surface area (Å²) in [6.45, 7) is 3.10. The van der Waals surface area contributed by atoms with Crippen molar-refractivity contribution >= 4 is 16.8 Å². The van der Waals surface area contributed by atoms with Crippen LogP contribution in [0.15, 0.2) is 42.7 Å².